The van der Waals surface area contributed by atoms with Gasteiger partial charge in [0.2, 0.25) is 10.0 Å². The van der Waals surface area contributed by atoms with Gasteiger partial charge in [-0.1, -0.05) is 6.07 Å². The molecule has 1 aliphatic rings. The summed E-state index contributed by atoms with van der Waals surface area (Å²) in [7, 11) is -6.55. The summed E-state index contributed by atoms with van der Waals surface area (Å²) >= 11 is 0. The molecule has 136 valence electrons. The Labute approximate surface area is 145 Å². The number of sulfone groups is 1. The van der Waals surface area contributed by atoms with Crippen LogP contribution in [0.15, 0.2) is 17.0 Å². The number of nitrogens with one attached hydrogen (secondary N) is 2. The minimum Gasteiger partial charge on any atom is -0.309 e. The Balaban J connectivity index is 1.96. The second kappa shape index (κ2) is 6.74. The SMILES string of the molecule is Cc1cc(C)c(S(=O)(=O)NCCN[C@@]2(C)CCS(=O)(=O)C2)cc1C. The molecule has 0 aromatic heterocycles. The second-order valence-electron chi connectivity index (χ2n) is 6.93. The zero-order valence-corrected chi connectivity index (χ0v) is 16.3. The molecule has 1 saturated heterocycles. The van der Waals surface area contributed by atoms with Crippen molar-refractivity contribution in [1.29, 1.82) is 0 Å². The molecule has 1 aromatic carbocycles. The Morgan fingerprint density at radius 2 is 1.71 bits per heavy atom. The van der Waals surface area contributed by atoms with Crippen molar-refractivity contribution in [1.82, 2.24) is 10.0 Å². The molecule has 1 heterocycles. The third-order valence-corrected chi connectivity index (χ3v) is 8.06. The molecule has 6 nitrogen and oxygen atoms in total. The monoisotopic (exact) mass is 374 g/mol. The Bertz CT molecular complexity index is 832. The van der Waals surface area contributed by atoms with E-state index in [2.05, 4.69) is 10.0 Å². The van der Waals surface area contributed by atoms with Gasteiger partial charge < -0.3 is 5.32 Å². The average molecular weight is 375 g/mol. The molecule has 1 aromatic rings. The number of aryl methyl sites for hydroxylation is 3. The lowest BCUT2D eigenvalue weighted by Crippen LogP contribution is -2.46. The van der Waals surface area contributed by atoms with Gasteiger partial charge in [-0.2, -0.15) is 0 Å². The highest BCUT2D eigenvalue weighted by Gasteiger charge is 2.37. The van der Waals surface area contributed by atoms with Gasteiger partial charge in [0.1, 0.15) is 0 Å². The van der Waals surface area contributed by atoms with Crippen molar-refractivity contribution < 1.29 is 16.8 Å². The molecule has 1 fully saturated rings. The smallest absolute Gasteiger partial charge is 0.240 e. The lowest BCUT2D eigenvalue weighted by molar-refractivity contribution is 0.400. The van der Waals surface area contributed by atoms with Crippen molar-refractivity contribution in [2.75, 3.05) is 24.6 Å². The zero-order chi connectivity index (χ0) is 18.2. The number of rotatable bonds is 6. The van der Waals surface area contributed by atoms with Gasteiger partial charge in [-0.3, -0.25) is 0 Å². The zero-order valence-electron chi connectivity index (χ0n) is 14.6. The van der Waals surface area contributed by atoms with Crippen molar-refractivity contribution in [2.24, 2.45) is 0 Å². The predicted octanol–water partition coefficient (Wildman–Crippen LogP) is 1.06. The van der Waals surface area contributed by atoms with Crippen molar-refractivity contribution in [3.8, 4) is 0 Å². The highest BCUT2D eigenvalue weighted by Crippen LogP contribution is 2.22. The molecule has 0 radical (unpaired) electrons. The molecular weight excluding hydrogens is 348 g/mol. The van der Waals surface area contributed by atoms with Crippen LogP contribution in [0.25, 0.3) is 0 Å². The molecule has 8 heteroatoms. The summed E-state index contributed by atoms with van der Waals surface area (Å²) in [6.45, 7) is 8.08. The first-order valence-corrected chi connectivity index (χ1v) is 11.3. The molecule has 2 N–H and O–H groups in total. The van der Waals surface area contributed by atoms with Crippen LogP contribution in [-0.4, -0.2) is 47.0 Å². The molecule has 0 amide bonds. The maximum Gasteiger partial charge on any atom is 0.240 e. The van der Waals surface area contributed by atoms with Crippen LogP contribution in [0, 0.1) is 20.8 Å². The maximum absolute atomic E-state index is 12.5. The normalized spacial score (nSPS) is 23.5. The molecule has 1 atom stereocenters. The fourth-order valence-electron chi connectivity index (χ4n) is 3.00. The van der Waals surface area contributed by atoms with E-state index in [4.69, 9.17) is 0 Å². The molecule has 2 rings (SSSR count). The van der Waals surface area contributed by atoms with Crippen LogP contribution >= 0.6 is 0 Å². The van der Waals surface area contributed by atoms with E-state index in [-0.39, 0.29) is 18.1 Å². The second-order valence-corrected chi connectivity index (χ2v) is 10.8. The Morgan fingerprint density at radius 1 is 1.08 bits per heavy atom. The van der Waals surface area contributed by atoms with Crippen LogP contribution in [0.3, 0.4) is 0 Å². The van der Waals surface area contributed by atoms with Gasteiger partial charge in [0.25, 0.3) is 0 Å². The van der Waals surface area contributed by atoms with Crippen LogP contribution in [0.4, 0.5) is 0 Å². The van der Waals surface area contributed by atoms with Crippen LogP contribution in [0.2, 0.25) is 0 Å². The molecule has 24 heavy (non-hydrogen) atoms. The van der Waals surface area contributed by atoms with E-state index >= 15 is 0 Å². The topological polar surface area (TPSA) is 92.3 Å². The quantitative estimate of drug-likeness (QED) is 0.727. The lowest BCUT2D eigenvalue weighted by atomic mass is 10.0. The molecule has 1 aliphatic heterocycles. The van der Waals surface area contributed by atoms with Crippen LogP contribution in [0.5, 0.6) is 0 Å². The van der Waals surface area contributed by atoms with E-state index < -0.39 is 25.4 Å². The summed E-state index contributed by atoms with van der Waals surface area (Å²) in [5.41, 5.74) is 2.24. The summed E-state index contributed by atoms with van der Waals surface area (Å²) in [4.78, 5) is 0.292. The van der Waals surface area contributed by atoms with Crippen LogP contribution in [-0.2, 0) is 19.9 Å². The third-order valence-electron chi connectivity index (χ3n) is 4.55. The van der Waals surface area contributed by atoms with E-state index in [1.165, 1.54) is 0 Å². The van der Waals surface area contributed by atoms with Crippen LogP contribution < -0.4 is 10.0 Å². The average Bonchev–Trinajstić information content (AvgIpc) is 2.73. The minimum atomic E-state index is -3.58. The molecular formula is C16H26N2O4S2. The van der Waals surface area contributed by atoms with E-state index in [1.54, 1.807) is 13.0 Å². The lowest BCUT2D eigenvalue weighted by Gasteiger charge is -2.24. The van der Waals surface area contributed by atoms with Gasteiger partial charge >= 0.3 is 0 Å². The maximum atomic E-state index is 12.5. The largest absolute Gasteiger partial charge is 0.309 e. The van der Waals surface area contributed by atoms with Gasteiger partial charge in [-0.25, -0.2) is 21.6 Å². The fourth-order valence-corrected chi connectivity index (χ4v) is 6.46. The summed E-state index contributed by atoms with van der Waals surface area (Å²) in [5, 5.41) is 3.17. The number of hydrogen-bond donors (Lipinski definition) is 2. The summed E-state index contributed by atoms with van der Waals surface area (Å²) in [6.07, 6.45) is 0.554. The number of sulfonamides is 1. The predicted molar refractivity (Wildman–Crippen MR) is 95.5 cm³/mol. The fraction of sp³-hybridized carbons (Fsp3) is 0.625. The number of benzene rings is 1. The van der Waals surface area contributed by atoms with Gasteiger partial charge in [-0.15, -0.1) is 0 Å². The molecule has 0 spiro atoms. The van der Waals surface area contributed by atoms with E-state index in [0.717, 1.165) is 11.1 Å². The van der Waals surface area contributed by atoms with Crippen LogP contribution in [0.1, 0.15) is 30.0 Å². The first-order valence-electron chi connectivity index (χ1n) is 7.97. The summed E-state index contributed by atoms with van der Waals surface area (Å²) < 4.78 is 50.6. The van der Waals surface area contributed by atoms with Gasteiger partial charge in [0, 0.05) is 18.6 Å². The van der Waals surface area contributed by atoms with Crippen molar-refractivity contribution in [3.05, 3.63) is 28.8 Å². The van der Waals surface area contributed by atoms with Gasteiger partial charge in [0.05, 0.1) is 16.4 Å². The summed E-state index contributed by atoms with van der Waals surface area (Å²) in [5.74, 6) is 0.285. The van der Waals surface area contributed by atoms with Crippen molar-refractivity contribution in [2.45, 2.75) is 44.6 Å². The van der Waals surface area contributed by atoms with Crippen molar-refractivity contribution in [3.63, 3.8) is 0 Å². The standard InChI is InChI=1S/C16H26N2O4S2/c1-12-9-14(3)15(10-13(12)2)24(21,22)18-7-6-17-16(4)5-8-23(19,20)11-16/h9-10,17-18H,5-8,11H2,1-4H3/t16-/m0/s1. The van der Waals surface area contributed by atoms with E-state index in [1.807, 2.05) is 26.8 Å². The van der Waals surface area contributed by atoms with Gasteiger partial charge in [0.15, 0.2) is 9.84 Å². The van der Waals surface area contributed by atoms with Crippen molar-refractivity contribution >= 4 is 19.9 Å². The van der Waals surface area contributed by atoms with E-state index in [9.17, 15) is 16.8 Å². The summed E-state index contributed by atoms with van der Waals surface area (Å²) in [6, 6.07) is 3.55. The Kier molecular flexibility index (Phi) is 5.44. The molecule has 0 aliphatic carbocycles. The Morgan fingerprint density at radius 3 is 2.29 bits per heavy atom. The molecule has 0 unspecified atom stereocenters. The Hall–Kier alpha value is -0.960. The molecule has 0 bridgehead atoms. The number of hydrogen-bond acceptors (Lipinski definition) is 5. The minimum absolute atomic E-state index is 0.100. The van der Waals surface area contributed by atoms with Gasteiger partial charge in [-0.05, 0) is 56.9 Å². The molecule has 0 saturated carbocycles. The third kappa shape index (κ3) is 4.56. The highest BCUT2D eigenvalue weighted by atomic mass is 32.2. The first-order chi connectivity index (χ1) is 10.9. The highest BCUT2D eigenvalue weighted by molar-refractivity contribution is 7.91. The first kappa shape index (κ1) is 19.4. The van der Waals surface area contributed by atoms with E-state index in [0.29, 0.717) is 23.4 Å².